The van der Waals surface area contributed by atoms with Crippen LogP contribution in [0.4, 0.5) is 0 Å². The summed E-state index contributed by atoms with van der Waals surface area (Å²) in [5.41, 5.74) is -0.815. The lowest BCUT2D eigenvalue weighted by molar-refractivity contribution is -0.142. The van der Waals surface area contributed by atoms with E-state index in [1.165, 1.54) is 20.0 Å². The highest BCUT2D eigenvalue weighted by molar-refractivity contribution is 7.89. The number of rotatable bonds is 7. The van der Waals surface area contributed by atoms with E-state index in [9.17, 15) is 23.1 Å². The fourth-order valence-electron chi connectivity index (χ4n) is 2.14. The van der Waals surface area contributed by atoms with Gasteiger partial charge in [0.2, 0.25) is 5.09 Å². The third-order valence-electron chi connectivity index (χ3n) is 3.82. The zero-order valence-electron chi connectivity index (χ0n) is 13.6. The van der Waals surface area contributed by atoms with Crippen LogP contribution in [0.25, 0.3) is 0 Å². The molecule has 25 heavy (non-hydrogen) atoms. The van der Waals surface area contributed by atoms with Gasteiger partial charge in [-0.05, 0) is 31.7 Å². The molecule has 3 N–H and O–H groups in total. The molecule has 0 spiro atoms. The van der Waals surface area contributed by atoms with Crippen molar-refractivity contribution in [3.8, 4) is 0 Å². The summed E-state index contributed by atoms with van der Waals surface area (Å²) in [4.78, 5) is 23.8. The van der Waals surface area contributed by atoms with Gasteiger partial charge in [-0.2, -0.15) is 0 Å². The van der Waals surface area contributed by atoms with Gasteiger partial charge in [-0.3, -0.25) is 9.59 Å². The van der Waals surface area contributed by atoms with Crippen molar-refractivity contribution in [2.24, 2.45) is 0 Å². The number of sulfonamides is 1. The first-order valence-electron chi connectivity index (χ1n) is 7.31. The Balaban J connectivity index is 2.17. The fraction of sp³-hybridized carbons (Fsp3) is 0.250. The molecule has 0 fully saturated rings. The van der Waals surface area contributed by atoms with Gasteiger partial charge in [0.1, 0.15) is 5.41 Å². The van der Waals surface area contributed by atoms with Crippen LogP contribution in [-0.2, 0) is 20.2 Å². The van der Waals surface area contributed by atoms with E-state index in [-0.39, 0.29) is 12.3 Å². The first kappa shape index (κ1) is 18.7. The van der Waals surface area contributed by atoms with Crippen molar-refractivity contribution in [2.45, 2.75) is 17.4 Å². The summed E-state index contributed by atoms with van der Waals surface area (Å²) >= 11 is 0. The van der Waals surface area contributed by atoms with Crippen LogP contribution >= 0.6 is 0 Å². The SMILES string of the molecule is CNS(=O)(=O)c1ccc(C(=O)NCC(C)(C(=O)O)c2ccccc2)o1. The molecular formula is C16H18N2O6S. The van der Waals surface area contributed by atoms with Gasteiger partial charge < -0.3 is 14.8 Å². The number of furan rings is 1. The molecule has 1 amide bonds. The van der Waals surface area contributed by atoms with Crippen molar-refractivity contribution in [3.05, 3.63) is 53.8 Å². The Morgan fingerprint density at radius 2 is 1.80 bits per heavy atom. The van der Waals surface area contributed by atoms with E-state index in [4.69, 9.17) is 4.42 Å². The molecule has 0 aliphatic heterocycles. The summed E-state index contributed by atoms with van der Waals surface area (Å²) < 4.78 is 30.3. The molecule has 2 rings (SSSR count). The van der Waals surface area contributed by atoms with E-state index < -0.39 is 32.4 Å². The lowest BCUT2D eigenvalue weighted by Gasteiger charge is -2.25. The van der Waals surface area contributed by atoms with Crippen molar-refractivity contribution in [1.82, 2.24) is 10.0 Å². The van der Waals surface area contributed by atoms with Crippen LogP contribution in [0.3, 0.4) is 0 Å². The quantitative estimate of drug-likeness (QED) is 0.670. The van der Waals surface area contributed by atoms with Gasteiger partial charge in [0.25, 0.3) is 15.9 Å². The molecule has 1 unspecified atom stereocenters. The van der Waals surface area contributed by atoms with Gasteiger partial charge in [0.05, 0.1) is 0 Å². The van der Waals surface area contributed by atoms with Crippen molar-refractivity contribution in [2.75, 3.05) is 13.6 Å². The zero-order valence-corrected chi connectivity index (χ0v) is 14.5. The second kappa shape index (κ2) is 7.08. The molecule has 0 saturated heterocycles. The molecule has 0 bridgehead atoms. The molecule has 0 saturated carbocycles. The second-order valence-electron chi connectivity index (χ2n) is 5.51. The molecule has 1 aromatic heterocycles. The van der Waals surface area contributed by atoms with Gasteiger partial charge in [0, 0.05) is 6.54 Å². The number of aliphatic carboxylic acids is 1. The molecule has 0 aliphatic rings. The van der Waals surface area contributed by atoms with Gasteiger partial charge in [-0.25, -0.2) is 13.1 Å². The highest BCUT2D eigenvalue weighted by Gasteiger charge is 2.36. The van der Waals surface area contributed by atoms with Crippen molar-refractivity contribution in [1.29, 1.82) is 0 Å². The molecule has 1 aromatic carbocycles. The Labute approximate surface area is 144 Å². The predicted octanol–water partition coefficient (Wildman–Crippen LogP) is 0.960. The molecule has 0 aliphatic carbocycles. The van der Waals surface area contributed by atoms with E-state index in [1.54, 1.807) is 30.3 Å². The molecule has 1 atom stereocenters. The fourth-order valence-corrected chi connectivity index (χ4v) is 2.79. The maximum atomic E-state index is 12.2. The van der Waals surface area contributed by atoms with Gasteiger partial charge in [0.15, 0.2) is 5.76 Å². The summed E-state index contributed by atoms with van der Waals surface area (Å²) in [7, 11) is -2.58. The van der Waals surface area contributed by atoms with E-state index in [0.717, 1.165) is 6.07 Å². The van der Waals surface area contributed by atoms with Crippen LogP contribution < -0.4 is 10.0 Å². The standard InChI is InChI=1S/C16H18N2O6S/c1-16(15(20)21,11-6-4-3-5-7-11)10-18-14(19)12-8-9-13(24-12)25(22,23)17-2/h3-9,17H,10H2,1-2H3,(H,18,19)(H,20,21). The minimum Gasteiger partial charge on any atom is -0.481 e. The lowest BCUT2D eigenvalue weighted by Crippen LogP contribution is -2.44. The Kier molecular flexibility index (Phi) is 5.29. The highest BCUT2D eigenvalue weighted by Crippen LogP contribution is 2.23. The number of hydrogen-bond acceptors (Lipinski definition) is 5. The molecule has 2 aromatic rings. The molecule has 9 heteroatoms. The van der Waals surface area contributed by atoms with Crippen molar-refractivity contribution >= 4 is 21.9 Å². The van der Waals surface area contributed by atoms with Gasteiger partial charge >= 0.3 is 5.97 Å². The van der Waals surface area contributed by atoms with Gasteiger partial charge in [-0.15, -0.1) is 0 Å². The largest absolute Gasteiger partial charge is 0.481 e. The number of amides is 1. The first-order chi connectivity index (χ1) is 11.7. The molecule has 0 radical (unpaired) electrons. The number of nitrogens with one attached hydrogen (secondary N) is 2. The van der Waals surface area contributed by atoms with Crippen LogP contribution in [0, 0.1) is 0 Å². The number of carbonyl (C=O) groups excluding carboxylic acids is 1. The van der Waals surface area contributed by atoms with E-state index >= 15 is 0 Å². The normalized spacial score (nSPS) is 13.8. The van der Waals surface area contributed by atoms with E-state index in [1.807, 2.05) is 0 Å². The maximum absolute atomic E-state index is 12.2. The first-order valence-corrected chi connectivity index (χ1v) is 8.79. The van der Waals surface area contributed by atoms with Crippen LogP contribution in [0.1, 0.15) is 23.0 Å². The highest BCUT2D eigenvalue weighted by atomic mass is 32.2. The Morgan fingerprint density at radius 1 is 1.16 bits per heavy atom. The molecule has 134 valence electrons. The smallest absolute Gasteiger partial charge is 0.315 e. The Morgan fingerprint density at radius 3 is 2.36 bits per heavy atom. The summed E-state index contributed by atoms with van der Waals surface area (Å²) in [5.74, 6) is -2.03. The number of carboxylic acid groups (broad SMARTS) is 1. The number of benzene rings is 1. The number of hydrogen-bond donors (Lipinski definition) is 3. The van der Waals surface area contributed by atoms with E-state index in [2.05, 4.69) is 10.0 Å². The topological polar surface area (TPSA) is 126 Å². The minimum atomic E-state index is -3.80. The minimum absolute atomic E-state index is 0.194. The predicted molar refractivity (Wildman–Crippen MR) is 88.7 cm³/mol. The molecule has 1 heterocycles. The van der Waals surface area contributed by atoms with Crippen LogP contribution in [-0.4, -0.2) is 39.0 Å². The van der Waals surface area contributed by atoms with E-state index in [0.29, 0.717) is 5.56 Å². The van der Waals surface area contributed by atoms with Crippen LogP contribution in [0.15, 0.2) is 52.0 Å². The van der Waals surface area contributed by atoms with Crippen LogP contribution in [0.5, 0.6) is 0 Å². The third-order valence-corrected chi connectivity index (χ3v) is 5.11. The number of carbonyl (C=O) groups is 2. The lowest BCUT2D eigenvalue weighted by atomic mass is 9.82. The third kappa shape index (κ3) is 3.89. The maximum Gasteiger partial charge on any atom is 0.315 e. The average molecular weight is 366 g/mol. The van der Waals surface area contributed by atoms with Crippen molar-refractivity contribution < 1.29 is 27.5 Å². The average Bonchev–Trinajstić information content (AvgIpc) is 3.11. The van der Waals surface area contributed by atoms with Crippen LogP contribution in [0.2, 0.25) is 0 Å². The molecular weight excluding hydrogens is 348 g/mol. The Hall–Kier alpha value is -2.65. The summed E-state index contributed by atoms with van der Waals surface area (Å²) in [5, 5.41) is 11.6. The second-order valence-corrected chi connectivity index (χ2v) is 7.33. The molecule has 8 nitrogen and oxygen atoms in total. The summed E-state index contributed by atoms with van der Waals surface area (Å²) in [6, 6.07) is 10.8. The van der Waals surface area contributed by atoms with Gasteiger partial charge in [-0.1, -0.05) is 30.3 Å². The summed E-state index contributed by atoms with van der Waals surface area (Å²) in [6.45, 7) is 1.30. The van der Waals surface area contributed by atoms with Crippen molar-refractivity contribution in [3.63, 3.8) is 0 Å². The summed E-state index contributed by atoms with van der Waals surface area (Å²) in [6.07, 6.45) is 0. The zero-order chi connectivity index (χ0) is 18.7. The Bertz CT molecular complexity index is 875. The monoisotopic (exact) mass is 366 g/mol. The number of carboxylic acids is 1.